The molecule has 4 atom stereocenters. The molecule has 0 N–H and O–H groups in total. The van der Waals surface area contributed by atoms with E-state index in [1.54, 1.807) is 0 Å². The molecule has 1 fully saturated rings. The van der Waals surface area contributed by atoms with E-state index in [4.69, 9.17) is 0 Å². The molecule has 2 nitrogen and oxygen atoms in total. The van der Waals surface area contributed by atoms with E-state index in [2.05, 4.69) is 12.2 Å². The van der Waals surface area contributed by atoms with Gasteiger partial charge < -0.3 is 0 Å². The minimum atomic E-state index is -0.0313. The largest absolute Gasteiger partial charge is 0.294 e. The third-order valence-electron chi connectivity index (χ3n) is 3.82. The minimum absolute atomic E-state index is 0.0313. The van der Waals surface area contributed by atoms with E-state index in [-0.39, 0.29) is 23.4 Å². The molecule has 4 rings (SSSR count). The molecule has 0 saturated heterocycles. The molecular weight excluding hydrogens is 176 g/mol. The Bertz CT molecular complexity index is 331. The Morgan fingerprint density at radius 1 is 0.857 bits per heavy atom. The Hall–Kier alpha value is -1.18. The molecule has 72 valence electrons. The Balaban J connectivity index is 2.09. The highest BCUT2D eigenvalue weighted by molar-refractivity contribution is 6.08. The number of hydrogen-bond acceptors (Lipinski definition) is 2. The van der Waals surface area contributed by atoms with Gasteiger partial charge in [0.1, 0.15) is 0 Å². The second-order valence-corrected chi connectivity index (χ2v) is 4.48. The van der Waals surface area contributed by atoms with Gasteiger partial charge in [-0.05, 0) is 36.8 Å². The summed E-state index contributed by atoms with van der Waals surface area (Å²) in [5.74, 6) is 0.910. The molecule has 4 aliphatic carbocycles. The SMILES string of the molecule is O=C1C=CC(=O)[C@H]2[C@H]1[C@@H]1C=C[C@@H]2CC1. The van der Waals surface area contributed by atoms with Crippen molar-refractivity contribution in [3.05, 3.63) is 24.3 Å². The maximum Gasteiger partial charge on any atom is 0.160 e. The van der Waals surface area contributed by atoms with Crippen LogP contribution in [0.15, 0.2) is 24.3 Å². The molecule has 0 aromatic rings. The van der Waals surface area contributed by atoms with Gasteiger partial charge in [-0.15, -0.1) is 0 Å². The van der Waals surface area contributed by atoms with Crippen LogP contribution in [0.1, 0.15) is 12.8 Å². The van der Waals surface area contributed by atoms with Crippen molar-refractivity contribution in [2.45, 2.75) is 12.8 Å². The van der Waals surface area contributed by atoms with Crippen molar-refractivity contribution < 1.29 is 9.59 Å². The van der Waals surface area contributed by atoms with E-state index in [0.717, 1.165) is 12.8 Å². The summed E-state index contributed by atoms with van der Waals surface area (Å²) in [6.07, 6.45) is 9.37. The molecule has 0 unspecified atom stereocenters. The van der Waals surface area contributed by atoms with Gasteiger partial charge in [0, 0.05) is 11.8 Å². The summed E-state index contributed by atoms with van der Waals surface area (Å²) in [5, 5.41) is 0. The van der Waals surface area contributed by atoms with Gasteiger partial charge >= 0.3 is 0 Å². The average Bonchev–Trinajstić information content (AvgIpc) is 2.25. The number of carbonyl (C=O) groups excluding carboxylic acids is 2. The number of rotatable bonds is 0. The lowest BCUT2D eigenvalue weighted by atomic mass is 9.58. The van der Waals surface area contributed by atoms with Crippen molar-refractivity contribution in [1.82, 2.24) is 0 Å². The van der Waals surface area contributed by atoms with Gasteiger partial charge in [0.05, 0.1) is 0 Å². The molecule has 0 spiro atoms. The zero-order valence-electron chi connectivity index (χ0n) is 7.85. The zero-order chi connectivity index (χ0) is 9.71. The van der Waals surface area contributed by atoms with E-state index >= 15 is 0 Å². The number of hydrogen-bond donors (Lipinski definition) is 0. The van der Waals surface area contributed by atoms with Crippen LogP contribution >= 0.6 is 0 Å². The van der Waals surface area contributed by atoms with Crippen molar-refractivity contribution in [2.75, 3.05) is 0 Å². The second kappa shape index (κ2) is 2.66. The topological polar surface area (TPSA) is 34.1 Å². The van der Waals surface area contributed by atoms with E-state index in [1.807, 2.05) is 0 Å². The lowest BCUT2D eigenvalue weighted by Crippen LogP contribution is -2.46. The Kier molecular flexibility index (Phi) is 1.55. The van der Waals surface area contributed by atoms with E-state index in [1.165, 1.54) is 12.2 Å². The maximum absolute atomic E-state index is 11.7. The fourth-order valence-electron chi connectivity index (χ4n) is 3.16. The number of carbonyl (C=O) groups is 2. The standard InChI is InChI=1S/C12H12O2/c13-9-5-6-10(14)12-8-2-1-7(3-4-8)11(9)12/h1-2,5-8,11-12H,3-4H2/t7-,8-,11+,12+/m1/s1. The molecule has 0 heterocycles. The summed E-state index contributed by atoms with van der Waals surface area (Å²) in [6, 6.07) is 0. The van der Waals surface area contributed by atoms with Crippen LogP contribution in [0, 0.1) is 23.7 Å². The molecule has 0 aromatic carbocycles. The fourth-order valence-corrected chi connectivity index (χ4v) is 3.16. The molecule has 2 bridgehead atoms. The fraction of sp³-hybridized carbons (Fsp3) is 0.500. The molecule has 4 aliphatic rings. The van der Waals surface area contributed by atoms with Crippen molar-refractivity contribution in [3.8, 4) is 0 Å². The van der Waals surface area contributed by atoms with Gasteiger partial charge in [0.15, 0.2) is 11.6 Å². The second-order valence-electron chi connectivity index (χ2n) is 4.48. The predicted octanol–water partition coefficient (Wildman–Crippen LogP) is 1.52. The van der Waals surface area contributed by atoms with Crippen molar-refractivity contribution in [1.29, 1.82) is 0 Å². The quantitative estimate of drug-likeness (QED) is 0.540. The average molecular weight is 188 g/mol. The zero-order valence-corrected chi connectivity index (χ0v) is 7.85. The molecule has 14 heavy (non-hydrogen) atoms. The number of allylic oxidation sites excluding steroid dienone is 4. The summed E-state index contributed by atoms with van der Waals surface area (Å²) in [6.45, 7) is 0. The maximum atomic E-state index is 11.7. The van der Waals surface area contributed by atoms with Crippen molar-refractivity contribution >= 4 is 11.6 Å². The van der Waals surface area contributed by atoms with Crippen LogP contribution < -0.4 is 0 Å². The Morgan fingerprint density at radius 2 is 1.29 bits per heavy atom. The Labute approximate surface area is 82.7 Å². The molecule has 2 heteroatoms. The van der Waals surface area contributed by atoms with Crippen molar-refractivity contribution in [3.63, 3.8) is 0 Å². The summed E-state index contributed by atoms with van der Waals surface area (Å²) < 4.78 is 0. The summed E-state index contributed by atoms with van der Waals surface area (Å²) in [7, 11) is 0. The summed E-state index contributed by atoms with van der Waals surface area (Å²) in [4.78, 5) is 23.4. The molecule has 0 aliphatic heterocycles. The van der Waals surface area contributed by atoms with Gasteiger partial charge in [-0.3, -0.25) is 9.59 Å². The van der Waals surface area contributed by atoms with Crippen molar-refractivity contribution in [2.24, 2.45) is 23.7 Å². The first-order valence-corrected chi connectivity index (χ1v) is 5.21. The van der Waals surface area contributed by atoms with Crippen LogP contribution in [0.4, 0.5) is 0 Å². The number of ketones is 2. The van der Waals surface area contributed by atoms with E-state index in [0.29, 0.717) is 11.8 Å². The monoisotopic (exact) mass is 188 g/mol. The van der Waals surface area contributed by atoms with E-state index in [9.17, 15) is 9.59 Å². The number of fused-ring (bicyclic) bond motifs is 1. The third-order valence-corrected chi connectivity index (χ3v) is 3.82. The van der Waals surface area contributed by atoms with Crippen LogP contribution in [0.3, 0.4) is 0 Å². The van der Waals surface area contributed by atoms with Crippen LogP contribution in [0.25, 0.3) is 0 Å². The van der Waals surface area contributed by atoms with Crippen LogP contribution in [-0.4, -0.2) is 11.6 Å². The van der Waals surface area contributed by atoms with Crippen LogP contribution in [0.5, 0.6) is 0 Å². The Morgan fingerprint density at radius 3 is 1.64 bits per heavy atom. The molecule has 1 saturated carbocycles. The molecule has 0 radical (unpaired) electrons. The van der Waals surface area contributed by atoms with E-state index < -0.39 is 0 Å². The molecular formula is C12H12O2. The molecule has 0 amide bonds. The third kappa shape index (κ3) is 0.912. The summed E-state index contributed by atoms with van der Waals surface area (Å²) in [5.41, 5.74) is 0. The highest BCUT2D eigenvalue weighted by Crippen LogP contribution is 2.47. The van der Waals surface area contributed by atoms with Gasteiger partial charge in [0.2, 0.25) is 0 Å². The first kappa shape index (κ1) is 8.16. The highest BCUT2D eigenvalue weighted by Gasteiger charge is 2.47. The van der Waals surface area contributed by atoms with Crippen LogP contribution in [-0.2, 0) is 9.59 Å². The highest BCUT2D eigenvalue weighted by atomic mass is 16.1. The van der Waals surface area contributed by atoms with Gasteiger partial charge in [-0.1, -0.05) is 12.2 Å². The smallest absolute Gasteiger partial charge is 0.160 e. The summed E-state index contributed by atoms with van der Waals surface area (Å²) >= 11 is 0. The first-order valence-electron chi connectivity index (χ1n) is 5.21. The predicted molar refractivity (Wildman–Crippen MR) is 51.5 cm³/mol. The normalized spacial score (nSPS) is 44.3. The van der Waals surface area contributed by atoms with Crippen LogP contribution in [0.2, 0.25) is 0 Å². The minimum Gasteiger partial charge on any atom is -0.294 e. The molecule has 0 aromatic heterocycles. The lowest BCUT2D eigenvalue weighted by molar-refractivity contribution is -0.134. The lowest BCUT2D eigenvalue weighted by Gasteiger charge is -2.43. The van der Waals surface area contributed by atoms with Gasteiger partial charge in [-0.2, -0.15) is 0 Å². The first-order chi connectivity index (χ1) is 6.77. The van der Waals surface area contributed by atoms with Gasteiger partial charge in [-0.25, -0.2) is 0 Å². The van der Waals surface area contributed by atoms with Gasteiger partial charge in [0.25, 0.3) is 0 Å².